The van der Waals surface area contributed by atoms with E-state index in [4.69, 9.17) is 16.7 Å². The van der Waals surface area contributed by atoms with E-state index in [0.29, 0.717) is 23.6 Å². The molecule has 0 radical (unpaired) electrons. The highest BCUT2D eigenvalue weighted by molar-refractivity contribution is 9.10. The molecule has 3 nitrogen and oxygen atoms in total. The van der Waals surface area contributed by atoms with Crippen LogP contribution in [0.3, 0.4) is 0 Å². The summed E-state index contributed by atoms with van der Waals surface area (Å²) in [6.45, 7) is 2.13. The number of halogens is 2. The van der Waals surface area contributed by atoms with Crippen LogP contribution in [-0.4, -0.2) is 23.7 Å². The molecule has 0 bridgehead atoms. The monoisotopic (exact) mass is 305 g/mol. The second-order valence-corrected chi connectivity index (χ2v) is 4.90. The lowest BCUT2D eigenvalue weighted by atomic mass is 10.2. The first-order chi connectivity index (χ1) is 7.49. The van der Waals surface area contributed by atoms with E-state index in [1.54, 1.807) is 25.1 Å². The predicted octanol–water partition coefficient (Wildman–Crippen LogP) is 2.60. The first-order valence-corrected chi connectivity index (χ1v) is 6.08. The molecule has 0 aliphatic carbocycles. The normalized spacial score (nSPS) is 12.2. The molecule has 0 aliphatic heterocycles. The van der Waals surface area contributed by atoms with E-state index in [9.17, 15) is 4.79 Å². The van der Waals surface area contributed by atoms with Crippen LogP contribution in [0.1, 0.15) is 23.7 Å². The summed E-state index contributed by atoms with van der Waals surface area (Å²) < 4.78 is 0.765. The maximum Gasteiger partial charge on any atom is 0.251 e. The molecule has 2 N–H and O–H groups in total. The maximum atomic E-state index is 11.7. The molecule has 0 heterocycles. The number of nitrogens with one attached hydrogen (secondary N) is 1. The third-order valence-corrected chi connectivity index (χ3v) is 2.65. The summed E-state index contributed by atoms with van der Waals surface area (Å²) in [5.74, 6) is -0.191. The van der Waals surface area contributed by atoms with Crippen molar-refractivity contribution < 1.29 is 9.90 Å². The summed E-state index contributed by atoms with van der Waals surface area (Å²) in [5, 5.41) is 12.3. The van der Waals surface area contributed by atoms with Gasteiger partial charge in [-0.05, 0) is 31.5 Å². The van der Waals surface area contributed by atoms with Crippen molar-refractivity contribution in [1.29, 1.82) is 0 Å². The third kappa shape index (κ3) is 4.51. The fourth-order valence-corrected chi connectivity index (χ4v) is 2.04. The third-order valence-electron chi connectivity index (χ3n) is 1.97. The molecule has 0 saturated carbocycles. The Morgan fingerprint density at radius 3 is 2.81 bits per heavy atom. The summed E-state index contributed by atoms with van der Waals surface area (Å²) >= 11 is 9.10. The molecule has 1 aromatic rings. The number of carbonyl (C=O) groups excluding carboxylic acids is 1. The van der Waals surface area contributed by atoms with Crippen molar-refractivity contribution >= 4 is 33.4 Å². The highest BCUT2D eigenvalue weighted by Crippen LogP contribution is 2.19. The quantitative estimate of drug-likeness (QED) is 0.898. The van der Waals surface area contributed by atoms with Gasteiger partial charge < -0.3 is 10.4 Å². The van der Waals surface area contributed by atoms with Crippen molar-refractivity contribution in [2.75, 3.05) is 6.54 Å². The summed E-state index contributed by atoms with van der Waals surface area (Å²) in [5.41, 5.74) is 0.505. The standard InChI is InChI=1S/C11H13BrClNO2/c1-7(15)2-3-14-11(16)8-4-9(12)6-10(13)5-8/h4-7,15H,2-3H2,1H3,(H,14,16). The molecule has 88 valence electrons. The molecule has 5 heteroatoms. The molecular weight excluding hydrogens is 293 g/mol. The minimum atomic E-state index is -0.411. The Morgan fingerprint density at radius 2 is 2.25 bits per heavy atom. The Hall–Kier alpha value is -0.580. The van der Waals surface area contributed by atoms with Crippen molar-refractivity contribution in [3.05, 3.63) is 33.3 Å². The number of aliphatic hydroxyl groups is 1. The van der Waals surface area contributed by atoms with Crippen molar-refractivity contribution in [1.82, 2.24) is 5.32 Å². The number of hydrogen-bond donors (Lipinski definition) is 2. The summed E-state index contributed by atoms with van der Waals surface area (Å²) in [6, 6.07) is 5.02. The van der Waals surface area contributed by atoms with Crippen LogP contribution < -0.4 is 5.32 Å². The van der Waals surface area contributed by atoms with Crippen LogP contribution in [0.25, 0.3) is 0 Å². The van der Waals surface area contributed by atoms with Gasteiger partial charge in [0, 0.05) is 21.6 Å². The molecule has 0 fully saturated rings. The second-order valence-electron chi connectivity index (χ2n) is 3.55. The lowest BCUT2D eigenvalue weighted by Crippen LogP contribution is -2.26. The fourth-order valence-electron chi connectivity index (χ4n) is 1.18. The Labute approximate surface area is 108 Å². The molecular formula is C11H13BrClNO2. The van der Waals surface area contributed by atoms with Gasteiger partial charge in [-0.1, -0.05) is 27.5 Å². The highest BCUT2D eigenvalue weighted by atomic mass is 79.9. The van der Waals surface area contributed by atoms with Crippen molar-refractivity contribution in [3.8, 4) is 0 Å². The first kappa shape index (κ1) is 13.5. The molecule has 1 aromatic carbocycles. The van der Waals surface area contributed by atoms with Gasteiger partial charge in [-0.3, -0.25) is 4.79 Å². The van der Waals surface area contributed by atoms with Crippen molar-refractivity contribution in [2.24, 2.45) is 0 Å². The largest absolute Gasteiger partial charge is 0.393 e. The molecule has 0 aliphatic rings. The number of carbonyl (C=O) groups is 1. The number of amides is 1. The average molecular weight is 307 g/mol. The molecule has 0 aromatic heterocycles. The van der Waals surface area contributed by atoms with Gasteiger partial charge in [0.25, 0.3) is 5.91 Å². The predicted molar refractivity (Wildman–Crippen MR) is 67.8 cm³/mol. The minimum absolute atomic E-state index is 0.191. The molecule has 0 saturated heterocycles. The zero-order valence-electron chi connectivity index (χ0n) is 8.84. The van der Waals surface area contributed by atoms with E-state index in [-0.39, 0.29) is 5.91 Å². The van der Waals surface area contributed by atoms with E-state index in [1.165, 1.54) is 0 Å². The van der Waals surface area contributed by atoms with Crippen LogP contribution in [0.5, 0.6) is 0 Å². The van der Waals surface area contributed by atoms with Gasteiger partial charge in [0.2, 0.25) is 0 Å². The van der Waals surface area contributed by atoms with Gasteiger partial charge in [0.15, 0.2) is 0 Å². The van der Waals surface area contributed by atoms with E-state index >= 15 is 0 Å². The van der Waals surface area contributed by atoms with Gasteiger partial charge in [-0.25, -0.2) is 0 Å². The zero-order chi connectivity index (χ0) is 12.1. The Kier molecular flexibility index (Phi) is 5.25. The Morgan fingerprint density at radius 1 is 1.56 bits per heavy atom. The Bertz CT molecular complexity index is 362. The van der Waals surface area contributed by atoms with Crippen LogP contribution in [0.4, 0.5) is 0 Å². The number of hydrogen-bond acceptors (Lipinski definition) is 2. The summed E-state index contributed by atoms with van der Waals surface area (Å²) in [4.78, 5) is 11.7. The molecule has 1 rings (SSSR count). The molecule has 1 unspecified atom stereocenters. The van der Waals surface area contributed by atoms with Crippen molar-refractivity contribution in [3.63, 3.8) is 0 Å². The maximum absolute atomic E-state index is 11.7. The molecule has 1 atom stereocenters. The Balaban J connectivity index is 2.59. The topological polar surface area (TPSA) is 49.3 Å². The lowest BCUT2D eigenvalue weighted by Gasteiger charge is -2.07. The smallest absolute Gasteiger partial charge is 0.251 e. The van der Waals surface area contributed by atoms with Crippen LogP contribution in [0, 0.1) is 0 Å². The van der Waals surface area contributed by atoms with Gasteiger partial charge in [0.1, 0.15) is 0 Å². The minimum Gasteiger partial charge on any atom is -0.393 e. The summed E-state index contributed by atoms with van der Waals surface area (Å²) in [7, 11) is 0. The molecule has 1 amide bonds. The van der Waals surface area contributed by atoms with E-state index < -0.39 is 6.10 Å². The van der Waals surface area contributed by atoms with E-state index in [1.807, 2.05) is 0 Å². The van der Waals surface area contributed by atoms with Gasteiger partial charge >= 0.3 is 0 Å². The summed E-state index contributed by atoms with van der Waals surface area (Å²) in [6.07, 6.45) is 0.124. The SMILES string of the molecule is CC(O)CCNC(=O)c1cc(Cl)cc(Br)c1. The van der Waals surface area contributed by atoms with Crippen LogP contribution in [0.15, 0.2) is 22.7 Å². The molecule has 16 heavy (non-hydrogen) atoms. The lowest BCUT2D eigenvalue weighted by molar-refractivity contribution is 0.0945. The van der Waals surface area contributed by atoms with Crippen LogP contribution in [-0.2, 0) is 0 Å². The zero-order valence-corrected chi connectivity index (χ0v) is 11.2. The number of benzene rings is 1. The number of aliphatic hydroxyl groups excluding tert-OH is 1. The van der Waals surface area contributed by atoms with E-state index in [0.717, 1.165) is 4.47 Å². The number of rotatable bonds is 4. The van der Waals surface area contributed by atoms with Gasteiger partial charge in [-0.2, -0.15) is 0 Å². The highest BCUT2D eigenvalue weighted by Gasteiger charge is 2.07. The van der Waals surface area contributed by atoms with Gasteiger partial charge in [-0.15, -0.1) is 0 Å². The second kappa shape index (κ2) is 6.23. The average Bonchev–Trinajstić information content (AvgIpc) is 2.15. The van der Waals surface area contributed by atoms with Gasteiger partial charge in [0.05, 0.1) is 6.10 Å². The van der Waals surface area contributed by atoms with E-state index in [2.05, 4.69) is 21.2 Å². The molecule has 0 spiro atoms. The van der Waals surface area contributed by atoms with Crippen LogP contribution >= 0.6 is 27.5 Å². The van der Waals surface area contributed by atoms with Crippen LogP contribution in [0.2, 0.25) is 5.02 Å². The van der Waals surface area contributed by atoms with Crippen molar-refractivity contribution in [2.45, 2.75) is 19.4 Å². The first-order valence-electron chi connectivity index (χ1n) is 4.91. The fraction of sp³-hybridized carbons (Fsp3) is 0.364.